The molecule has 28 heavy (non-hydrogen) atoms. The topological polar surface area (TPSA) is 132 Å². The first kappa shape index (κ1) is 19.0. The van der Waals surface area contributed by atoms with E-state index >= 15 is 0 Å². The Hall–Kier alpha value is -3.82. The van der Waals surface area contributed by atoms with Crippen LogP contribution in [-0.2, 0) is 11.8 Å². The number of hydrogen-bond donors (Lipinski definition) is 2. The lowest BCUT2D eigenvalue weighted by molar-refractivity contribution is -0.384. The molecule has 0 radical (unpaired) electrons. The van der Waals surface area contributed by atoms with E-state index in [1.54, 1.807) is 17.8 Å². The molecule has 10 heteroatoms. The number of nitro benzene ring substituents is 1. The van der Waals surface area contributed by atoms with E-state index in [2.05, 4.69) is 20.7 Å². The minimum absolute atomic E-state index is 0.0999. The molecule has 2 N–H and O–H groups in total. The summed E-state index contributed by atoms with van der Waals surface area (Å²) in [6.45, 7) is 3.36. The normalized spacial score (nSPS) is 11.8. The molecular weight excluding hydrogens is 364 g/mol. The van der Waals surface area contributed by atoms with E-state index in [0.29, 0.717) is 11.3 Å². The largest absolute Gasteiger partial charge is 0.341 e. The fourth-order valence-corrected chi connectivity index (χ4v) is 2.73. The van der Waals surface area contributed by atoms with Gasteiger partial charge in [0.15, 0.2) is 5.65 Å². The maximum absolute atomic E-state index is 12.4. The predicted molar refractivity (Wildman–Crippen MR) is 102 cm³/mol. The molecule has 1 unspecified atom stereocenters. The number of pyridine rings is 1. The zero-order valence-electron chi connectivity index (χ0n) is 15.5. The number of nitro groups is 1. The first-order valence-corrected chi connectivity index (χ1v) is 8.42. The summed E-state index contributed by atoms with van der Waals surface area (Å²) in [5.41, 5.74) is 1.86. The van der Waals surface area contributed by atoms with Gasteiger partial charge in [0.25, 0.3) is 11.6 Å². The summed E-state index contributed by atoms with van der Waals surface area (Å²) in [5, 5.41) is 21.1. The highest BCUT2D eigenvalue weighted by atomic mass is 16.6. The van der Waals surface area contributed by atoms with Crippen molar-refractivity contribution in [2.75, 3.05) is 5.32 Å². The fraction of sp³-hybridized carbons (Fsp3) is 0.222. The van der Waals surface area contributed by atoms with Gasteiger partial charge in [-0.15, -0.1) is 0 Å². The molecule has 0 fully saturated rings. The van der Waals surface area contributed by atoms with Crippen LogP contribution in [0, 0.1) is 17.0 Å². The molecule has 10 nitrogen and oxygen atoms in total. The van der Waals surface area contributed by atoms with Crippen molar-refractivity contribution in [3.05, 3.63) is 57.9 Å². The molecule has 2 amide bonds. The summed E-state index contributed by atoms with van der Waals surface area (Å²) in [5.74, 6) is -1.02. The first-order valence-electron chi connectivity index (χ1n) is 8.42. The zero-order valence-corrected chi connectivity index (χ0v) is 15.5. The number of aryl methyl sites for hydroxylation is 2. The SMILES string of the molecule is Cc1nn(C)c2ncc(NC(=O)C(C)NC(=O)c3cccc([N+](=O)[O-])c3)cc12. The third-order valence-electron chi connectivity index (χ3n) is 4.19. The van der Waals surface area contributed by atoms with Crippen molar-refractivity contribution in [1.82, 2.24) is 20.1 Å². The molecule has 3 aromatic rings. The van der Waals surface area contributed by atoms with Crippen LogP contribution < -0.4 is 10.6 Å². The summed E-state index contributed by atoms with van der Waals surface area (Å²) in [6.07, 6.45) is 1.51. The molecule has 0 aliphatic carbocycles. The number of carbonyl (C=O) groups is 2. The van der Waals surface area contributed by atoms with E-state index in [9.17, 15) is 19.7 Å². The number of non-ortho nitro benzene ring substituents is 1. The van der Waals surface area contributed by atoms with Crippen LogP contribution >= 0.6 is 0 Å². The summed E-state index contributed by atoms with van der Waals surface area (Å²) >= 11 is 0. The van der Waals surface area contributed by atoms with Crippen molar-refractivity contribution in [3.63, 3.8) is 0 Å². The smallest absolute Gasteiger partial charge is 0.270 e. The molecule has 1 atom stereocenters. The van der Waals surface area contributed by atoms with Crippen molar-refractivity contribution in [2.24, 2.45) is 7.05 Å². The molecule has 0 spiro atoms. The first-order chi connectivity index (χ1) is 13.3. The quantitative estimate of drug-likeness (QED) is 0.512. The van der Waals surface area contributed by atoms with Crippen LogP contribution in [0.5, 0.6) is 0 Å². The van der Waals surface area contributed by atoms with E-state index in [1.165, 1.54) is 31.3 Å². The summed E-state index contributed by atoms with van der Waals surface area (Å²) in [4.78, 5) is 39.2. The average molecular weight is 382 g/mol. The highest BCUT2D eigenvalue weighted by molar-refractivity contribution is 6.01. The lowest BCUT2D eigenvalue weighted by atomic mass is 10.1. The number of amides is 2. The molecule has 3 rings (SSSR count). The lowest BCUT2D eigenvalue weighted by Gasteiger charge is -2.14. The number of hydrogen-bond acceptors (Lipinski definition) is 6. The Morgan fingerprint density at radius 2 is 2.04 bits per heavy atom. The minimum Gasteiger partial charge on any atom is -0.341 e. The molecule has 0 bridgehead atoms. The zero-order chi connectivity index (χ0) is 20.4. The van der Waals surface area contributed by atoms with E-state index in [4.69, 9.17) is 0 Å². The fourth-order valence-electron chi connectivity index (χ4n) is 2.73. The van der Waals surface area contributed by atoms with Gasteiger partial charge in [-0.2, -0.15) is 5.10 Å². The van der Waals surface area contributed by atoms with Gasteiger partial charge in [0.05, 0.1) is 22.5 Å². The van der Waals surface area contributed by atoms with Crippen molar-refractivity contribution < 1.29 is 14.5 Å². The highest BCUT2D eigenvalue weighted by Gasteiger charge is 2.19. The second-order valence-corrected chi connectivity index (χ2v) is 6.30. The van der Waals surface area contributed by atoms with Crippen LogP contribution in [0.1, 0.15) is 23.0 Å². The number of rotatable bonds is 5. The van der Waals surface area contributed by atoms with E-state index in [1.807, 2.05) is 6.92 Å². The van der Waals surface area contributed by atoms with Gasteiger partial charge in [-0.05, 0) is 26.0 Å². The van der Waals surface area contributed by atoms with Crippen molar-refractivity contribution in [3.8, 4) is 0 Å². The van der Waals surface area contributed by atoms with Crippen LogP contribution in [0.4, 0.5) is 11.4 Å². The Morgan fingerprint density at radius 1 is 1.29 bits per heavy atom. The Kier molecular flexibility index (Phi) is 5.03. The Balaban J connectivity index is 1.69. The van der Waals surface area contributed by atoms with E-state index < -0.39 is 22.8 Å². The number of nitrogens with one attached hydrogen (secondary N) is 2. The minimum atomic E-state index is -0.863. The van der Waals surface area contributed by atoms with Crippen LogP contribution in [0.25, 0.3) is 11.0 Å². The molecule has 2 aromatic heterocycles. The molecule has 0 saturated heterocycles. The standard InChI is InChI=1S/C18H18N6O4/c1-10-15-8-13(9-19-16(15)23(3)22-10)21-17(25)11(2)20-18(26)12-5-4-6-14(7-12)24(27)28/h4-9,11H,1-3H3,(H,20,26)(H,21,25). The maximum atomic E-state index is 12.4. The van der Waals surface area contributed by atoms with Crippen molar-refractivity contribution in [1.29, 1.82) is 0 Å². The van der Waals surface area contributed by atoms with Crippen molar-refractivity contribution in [2.45, 2.75) is 19.9 Å². The third kappa shape index (κ3) is 3.80. The van der Waals surface area contributed by atoms with Gasteiger partial charge in [0.2, 0.25) is 5.91 Å². The Labute approximate surface area is 159 Å². The molecule has 0 aliphatic heterocycles. The number of benzene rings is 1. The van der Waals surface area contributed by atoms with Gasteiger partial charge in [0, 0.05) is 30.1 Å². The average Bonchev–Trinajstić information content (AvgIpc) is 2.95. The molecule has 0 aliphatic rings. The summed E-state index contributed by atoms with van der Waals surface area (Å²) in [6, 6.07) is 6.19. The van der Waals surface area contributed by atoms with Crippen LogP contribution in [0.3, 0.4) is 0 Å². The third-order valence-corrected chi connectivity index (χ3v) is 4.19. The predicted octanol–water partition coefficient (Wildman–Crippen LogP) is 1.94. The summed E-state index contributed by atoms with van der Waals surface area (Å²) < 4.78 is 1.65. The second-order valence-electron chi connectivity index (χ2n) is 6.30. The molecule has 144 valence electrons. The monoisotopic (exact) mass is 382 g/mol. The van der Waals surface area contributed by atoms with Gasteiger partial charge in [-0.3, -0.25) is 24.4 Å². The number of aromatic nitrogens is 3. The van der Waals surface area contributed by atoms with Crippen LogP contribution in [-0.4, -0.2) is 37.5 Å². The van der Waals surface area contributed by atoms with Gasteiger partial charge in [0.1, 0.15) is 6.04 Å². The molecule has 0 saturated carbocycles. The Morgan fingerprint density at radius 3 is 2.75 bits per heavy atom. The van der Waals surface area contributed by atoms with E-state index in [-0.39, 0.29) is 11.3 Å². The molecular formula is C18H18N6O4. The second kappa shape index (κ2) is 7.43. The van der Waals surface area contributed by atoms with Crippen LogP contribution in [0.15, 0.2) is 36.5 Å². The van der Waals surface area contributed by atoms with Gasteiger partial charge < -0.3 is 10.6 Å². The number of fused-ring (bicyclic) bond motifs is 1. The maximum Gasteiger partial charge on any atom is 0.270 e. The molecule has 1 aromatic carbocycles. The van der Waals surface area contributed by atoms with Crippen molar-refractivity contribution >= 4 is 34.2 Å². The number of carbonyl (C=O) groups excluding carboxylic acids is 2. The Bertz CT molecular complexity index is 1090. The number of nitrogens with zero attached hydrogens (tertiary/aromatic N) is 4. The number of anilines is 1. The summed E-state index contributed by atoms with van der Waals surface area (Å²) in [7, 11) is 1.78. The lowest BCUT2D eigenvalue weighted by Crippen LogP contribution is -2.41. The van der Waals surface area contributed by atoms with E-state index in [0.717, 1.165) is 17.1 Å². The highest BCUT2D eigenvalue weighted by Crippen LogP contribution is 2.19. The molecule has 2 heterocycles. The van der Waals surface area contributed by atoms with Crippen LogP contribution in [0.2, 0.25) is 0 Å². The van der Waals surface area contributed by atoms with Gasteiger partial charge in [-0.1, -0.05) is 6.07 Å². The van der Waals surface area contributed by atoms with Gasteiger partial charge in [-0.25, -0.2) is 4.98 Å². The van der Waals surface area contributed by atoms with Gasteiger partial charge >= 0.3 is 0 Å².